The summed E-state index contributed by atoms with van der Waals surface area (Å²) in [5, 5.41) is 2.81. The zero-order valence-corrected chi connectivity index (χ0v) is 6.79. The van der Waals surface area contributed by atoms with Crippen LogP contribution < -0.4 is 5.32 Å². The summed E-state index contributed by atoms with van der Waals surface area (Å²) >= 11 is 0. The average molecular weight is 143 g/mol. The molecular formula is C8H14FN. The van der Waals surface area contributed by atoms with Crippen molar-refractivity contribution in [2.45, 2.75) is 26.4 Å². The van der Waals surface area contributed by atoms with Crippen molar-refractivity contribution in [3.8, 4) is 11.8 Å². The largest absolute Gasteiger partial charge is 0.308 e. The lowest BCUT2D eigenvalue weighted by Crippen LogP contribution is -2.55. The van der Waals surface area contributed by atoms with Gasteiger partial charge in [-0.15, -0.1) is 5.92 Å². The molecule has 0 bridgehead atoms. The molecule has 1 aliphatic rings. The van der Waals surface area contributed by atoms with E-state index < -0.39 is 5.67 Å². The predicted octanol–water partition coefficient (Wildman–Crippen LogP) is 1.35. The van der Waals surface area contributed by atoms with Crippen molar-refractivity contribution < 1.29 is 4.39 Å². The molecule has 0 unspecified atom stereocenters. The third kappa shape index (κ3) is 2.36. The van der Waals surface area contributed by atoms with Crippen molar-refractivity contribution in [3.05, 3.63) is 0 Å². The molecule has 0 aliphatic carbocycles. The lowest BCUT2D eigenvalue weighted by Gasteiger charge is -2.29. The van der Waals surface area contributed by atoms with Gasteiger partial charge in [-0.2, -0.15) is 0 Å². The van der Waals surface area contributed by atoms with Gasteiger partial charge in [0.2, 0.25) is 0 Å². The van der Waals surface area contributed by atoms with Crippen LogP contribution in [0.2, 0.25) is 0 Å². The van der Waals surface area contributed by atoms with Crippen LogP contribution in [-0.2, 0) is 0 Å². The molecule has 0 atom stereocenters. The van der Waals surface area contributed by atoms with Gasteiger partial charge in [0.15, 0.2) is 5.67 Å². The normalized spacial score (nSPS) is 18.8. The first-order valence-electron chi connectivity index (χ1n) is 3.60. The maximum atomic E-state index is 12.7. The van der Waals surface area contributed by atoms with Gasteiger partial charge in [0.05, 0.1) is 0 Å². The number of halogens is 1. The highest BCUT2D eigenvalue weighted by molar-refractivity contribution is 5.19. The molecule has 58 valence electrons. The molecule has 1 N–H and O–H groups in total. The molecule has 1 aliphatic heterocycles. The molecule has 0 spiro atoms. The summed E-state index contributed by atoms with van der Waals surface area (Å²) < 4.78 is 12.7. The molecule has 0 saturated carbocycles. The topological polar surface area (TPSA) is 12.0 Å². The SMILES string of the molecule is CC.CC#CC1(F)CNC1. The molecule has 10 heavy (non-hydrogen) atoms. The van der Waals surface area contributed by atoms with Crippen molar-refractivity contribution in [3.63, 3.8) is 0 Å². The van der Waals surface area contributed by atoms with Gasteiger partial charge in [-0.1, -0.05) is 19.8 Å². The maximum absolute atomic E-state index is 12.7. The van der Waals surface area contributed by atoms with Crippen LogP contribution in [0.5, 0.6) is 0 Å². The molecular weight excluding hydrogens is 129 g/mol. The molecule has 1 saturated heterocycles. The van der Waals surface area contributed by atoms with E-state index >= 15 is 0 Å². The molecule has 0 aromatic heterocycles. The number of nitrogens with one attached hydrogen (secondary N) is 1. The van der Waals surface area contributed by atoms with Crippen LogP contribution in [0, 0.1) is 11.8 Å². The minimum absolute atomic E-state index is 0.397. The maximum Gasteiger partial charge on any atom is 0.195 e. The van der Waals surface area contributed by atoms with Crippen molar-refractivity contribution in [2.75, 3.05) is 13.1 Å². The van der Waals surface area contributed by atoms with Gasteiger partial charge >= 0.3 is 0 Å². The number of hydrogen-bond donors (Lipinski definition) is 1. The molecule has 0 aromatic carbocycles. The molecule has 1 fully saturated rings. The number of rotatable bonds is 0. The molecule has 1 heterocycles. The summed E-state index contributed by atoms with van der Waals surface area (Å²) in [6.07, 6.45) is 0. The van der Waals surface area contributed by atoms with Gasteiger partial charge in [-0.25, -0.2) is 4.39 Å². The second-order valence-corrected chi connectivity index (χ2v) is 1.94. The Morgan fingerprint density at radius 2 is 1.90 bits per heavy atom. The van der Waals surface area contributed by atoms with Crippen molar-refractivity contribution in [1.29, 1.82) is 0 Å². The van der Waals surface area contributed by atoms with Gasteiger partial charge in [-0.3, -0.25) is 0 Å². The van der Waals surface area contributed by atoms with E-state index in [2.05, 4.69) is 17.2 Å². The van der Waals surface area contributed by atoms with Gasteiger partial charge in [0.25, 0.3) is 0 Å². The summed E-state index contributed by atoms with van der Waals surface area (Å²) in [6, 6.07) is 0. The fourth-order valence-electron chi connectivity index (χ4n) is 0.657. The second kappa shape index (κ2) is 4.29. The summed E-state index contributed by atoms with van der Waals surface area (Å²) in [6.45, 7) is 6.45. The van der Waals surface area contributed by atoms with E-state index in [1.54, 1.807) is 6.92 Å². The van der Waals surface area contributed by atoms with Crippen LogP contribution in [-0.4, -0.2) is 18.8 Å². The molecule has 0 amide bonds. The summed E-state index contributed by atoms with van der Waals surface area (Å²) in [5.41, 5.74) is -1.20. The predicted molar refractivity (Wildman–Crippen MR) is 41.5 cm³/mol. The van der Waals surface area contributed by atoms with Crippen molar-refractivity contribution in [2.24, 2.45) is 0 Å². The Labute approximate surface area is 62.0 Å². The average Bonchev–Trinajstić information content (AvgIpc) is 1.90. The Balaban J connectivity index is 0.000000371. The van der Waals surface area contributed by atoms with Gasteiger partial charge in [0, 0.05) is 13.1 Å². The lowest BCUT2D eigenvalue weighted by atomic mass is 10.0. The van der Waals surface area contributed by atoms with E-state index in [9.17, 15) is 4.39 Å². The van der Waals surface area contributed by atoms with Crippen LogP contribution >= 0.6 is 0 Å². The molecule has 2 heteroatoms. The highest BCUT2D eigenvalue weighted by Crippen LogP contribution is 2.13. The van der Waals surface area contributed by atoms with E-state index in [4.69, 9.17) is 0 Å². The third-order valence-corrected chi connectivity index (χ3v) is 1.16. The fraction of sp³-hybridized carbons (Fsp3) is 0.750. The Kier molecular flexibility index (Phi) is 4.06. The van der Waals surface area contributed by atoms with Gasteiger partial charge < -0.3 is 5.32 Å². The zero-order chi connectivity index (χ0) is 8.04. The first-order chi connectivity index (χ1) is 4.77. The van der Waals surface area contributed by atoms with Crippen LogP contribution in [0.25, 0.3) is 0 Å². The first kappa shape index (κ1) is 9.45. The Morgan fingerprint density at radius 1 is 1.40 bits per heavy atom. The van der Waals surface area contributed by atoms with E-state index in [0.29, 0.717) is 13.1 Å². The van der Waals surface area contributed by atoms with E-state index in [-0.39, 0.29) is 0 Å². The van der Waals surface area contributed by atoms with E-state index in [0.717, 1.165) is 0 Å². The molecule has 0 aromatic rings. The van der Waals surface area contributed by atoms with Crippen LogP contribution in [0.15, 0.2) is 0 Å². The van der Waals surface area contributed by atoms with Crippen LogP contribution in [0.3, 0.4) is 0 Å². The van der Waals surface area contributed by atoms with Crippen LogP contribution in [0.1, 0.15) is 20.8 Å². The Bertz CT molecular complexity index is 139. The van der Waals surface area contributed by atoms with Gasteiger partial charge in [-0.05, 0) is 6.92 Å². The number of hydrogen-bond acceptors (Lipinski definition) is 1. The highest BCUT2D eigenvalue weighted by Gasteiger charge is 2.34. The smallest absolute Gasteiger partial charge is 0.195 e. The van der Waals surface area contributed by atoms with E-state index in [1.807, 2.05) is 13.8 Å². The minimum Gasteiger partial charge on any atom is -0.308 e. The van der Waals surface area contributed by atoms with E-state index in [1.165, 1.54) is 0 Å². The lowest BCUT2D eigenvalue weighted by molar-refractivity contribution is 0.158. The first-order valence-corrected chi connectivity index (χ1v) is 3.60. The third-order valence-electron chi connectivity index (χ3n) is 1.16. The number of alkyl halides is 1. The van der Waals surface area contributed by atoms with Crippen LogP contribution in [0.4, 0.5) is 4.39 Å². The quantitative estimate of drug-likeness (QED) is 0.505. The standard InChI is InChI=1S/C6H8FN.C2H6/c1-2-3-6(7)4-8-5-6;1-2/h8H,4-5H2,1H3;1-2H3. The molecule has 1 nitrogen and oxygen atoms in total. The zero-order valence-electron chi connectivity index (χ0n) is 6.79. The van der Waals surface area contributed by atoms with Gasteiger partial charge in [0.1, 0.15) is 0 Å². The summed E-state index contributed by atoms with van der Waals surface area (Å²) in [7, 11) is 0. The Morgan fingerprint density at radius 3 is 2.00 bits per heavy atom. The Hall–Kier alpha value is -0.550. The fourth-order valence-corrected chi connectivity index (χ4v) is 0.657. The monoisotopic (exact) mass is 143 g/mol. The molecule has 1 rings (SSSR count). The molecule has 0 radical (unpaired) electrons. The minimum atomic E-state index is -1.20. The summed E-state index contributed by atoms with van der Waals surface area (Å²) in [5.74, 6) is 5.02. The highest BCUT2D eigenvalue weighted by atomic mass is 19.1. The second-order valence-electron chi connectivity index (χ2n) is 1.94. The van der Waals surface area contributed by atoms with Crippen molar-refractivity contribution in [1.82, 2.24) is 5.32 Å². The van der Waals surface area contributed by atoms with Crippen molar-refractivity contribution >= 4 is 0 Å². The summed E-state index contributed by atoms with van der Waals surface area (Å²) in [4.78, 5) is 0.